The van der Waals surface area contributed by atoms with Gasteiger partial charge in [-0.25, -0.2) is 4.39 Å². The van der Waals surface area contributed by atoms with Crippen LogP contribution in [0.5, 0.6) is 0 Å². The van der Waals surface area contributed by atoms with E-state index in [2.05, 4.69) is 5.32 Å². The Bertz CT molecular complexity index is 797. The molecule has 1 aliphatic heterocycles. The van der Waals surface area contributed by atoms with E-state index < -0.39 is 5.82 Å². The van der Waals surface area contributed by atoms with Crippen LogP contribution < -0.4 is 5.32 Å². The number of nitriles is 1. The second kappa shape index (κ2) is 7.14. The molecule has 1 N–H and O–H groups in total. The van der Waals surface area contributed by atoms with Crippen molar-refractivity contribution in [2.24, 2.45) is 0 Å². The molecule has 0 aliphatic carbocycles. The van der Waals surface area contributed by atoms with Crippen molar-refractivity contribution in [3.63, 3.8) is 0 Å². The van der Waals surface area contributed by atoms with E-state index in [-0.39, 0.29) is 11.5 Å². The lowest BCUT2D eigenvalue weighted by atomic mass is 10.1. The number of rotatable bonds is 5. The number of halogens is 1. The van der Waals surface area contributed by atoms with E-state index in [9.17, 15) is 9.18 Å². The van der Waals surface area contributed by atoms with Crippen molar-refractivity contribution in [3.8, 4) is 6.07 Å². The monoisotopic (exact) mass is 323 g/mol. The summed E-state index contributed by atoms with van der Waals surface area (Å²) in [6.45, 7) is 1.92. The molecule has 1 aliphatic rings. The molecule has 3 rings (SSSR count). The minimum Gasteiger partial charge on any atom is -0.380 e. The van der Waals surface area contributed by atoms with E-state index in [0.29, 0.717) is 25.2 Å². The lowest BCUT2D eigenvalue weighted by molar-refractivity contribution is -0.128. The van der Waals surface area contributed by atoms with Crippen LogP contribution in [-0.2, 0) is 17.9 Å². The van der Waals surface area contributed by atoms with Crippen LogP contribution in [-0.4, -0.2) is 17.4 Å². The standard InChI is InChI=1S/C19H18FN3O/c20-17-6-2-7-18(16(17)11-21)22-12-14-4-1-5-15(10-14)13-23-9-3-8-19(23)24/h1-2,4-7,10,22H,3,8-9,12-13H2. The molecule has 24 heavy (non-hydrogen) atoms. The summed E-state index contributed by atoms with van der Waals surface area (Å²) in [5, 5.41) is 12.2. The molecule has 122 valence electrons. The summed E-state index contributed by atoms with van der Waals surface area (Å²) < 4.78 is 13.6. The predicted molar refractivity (Wildman–Crippen MR) is 89.5 cm³/mol. The summed E-state index contributed by atoms with van der Waals surface area (Å²) in [6.07, 6.45) is 1.56. The van der Waals surface area contributed by atoms with Gasteiger partial charge in [0.2, 0.25) is 5.91 Å². The molecule has 0 aromatic heterocycles. The maximum absolute atomic E-state index is 13.6. The number of likely N-dealkylation sites (tertiary alicyclic amines) is 1. The fraction of sp³-hybridized carbons (Fsp3) is 0.263. The van der Waals surface area contributed by atoms with Crippen LogP contribution in [0.2, 0.25) is 0 Å². The Morgan fingerprint density at radius 1 is 1.21 bits per heavy atom. The van der Waals surface area contributed by atoms with Crippen LogP contribution >= 0.6 is 0 Å². The molecule has 0 unspecified atom stereocenters. The van der Waals surface area contributed by atoms with Crippen molar-refractivity contribution in [3.05, 3.63) is 65.0 Å². The average Bonchev–Trinajstić information content (AvgIpc) is 2.98. The van der Waals surface area contributed by atoms with E-state index in [0.717, 1.165) is 24.1 Å². The van der Waals surface area contributed by atoms with Gasteiger partial charge in [-0.05, 0) is 29.7 Å². The van der Waals surface area contributed by atoms with Crippen molar-refractivity contribution in [1.29, 1.82) is 5.26 Å². The van der Waals surface area contributed by atoms with Crippen LogP contribution in [0, 0.1) is 17.1 Å². The number of hydrogen-bond acceptors (Lipinski definition) is 3. The Labute approximate surface area is 140 Å². The molecule has 0 spiro atoms. The summed E-state index contributed by atoms with van der Waals surface area (Å²) >= 11 is 0. The minimum absolute atomic E-state index is 0.0244. The van der Waals surface area contributed by atoms with Crippen molar-refractivity contribution in [2.75, 3.05) is 11.9 Å². The third kappa shape index (κ3) is 3.54. The summed E-state index contributed by atoms with van der Waals surface area (Å²) in [5.74, 6) is -0.319. The average molecular weight is 323 g/mol. The van der Waals surface area contributed by atoms with E-state index >= 15 is 0 Å². The van der Waals surface area contributed by atoms with Gasteiger partial charge in [0.25, 0.3) is 0 Å². The first kappa shape index (κ1) is 16.0. The zero-order chi connectivity index (χ0) is 16.9. The van der Waals surface area contributed by atoms with Crippen molar-refractivity contribution >= 4 is 11.6 Å². The van der Waals surface area contributed by atoms with Crippen LogP contribution in [0.1, 0.15) is 29.5 Å². The van der Waals surface area contributed by atoms with Gasteiger partial charge >= 0.3 is 0 Å². The predicted octanol–water partition coefficient (Wildman–Crippen LogP) is 3.43. The number of benzene rings is 2. The van der Waals surface area contributed by atoms with E-state index in [1.807, 2.05) is 35.2 Å². The van der Waals surface area contributed by atoms with Crippen molar-refractivity contribution in [1.82, 2.24) is 4.90 Å². The van der Waals surface area contributed by atoms with Crippen LogP contribution in [0.25, 0.3) is 0 Å². The number of anilines is 1. The van der Waals surface area contributed by atoms with Crippen LogP contribution in [0.15, 0.2) is 42.5 Å². The third-order valence-electron chi connectivity index (χ3n) is 4.14. The number of carbonyl (C=O) groups excluding carboxylic acids is 1. The van der Waals surface area contributed by atoms with Gasteiger partial charge in [0, 0.05) is 26.1 Å². The van der Waals surface area contributed by atoms with Crippen LogP contribution in [0.3, 0.4) is 0 Å². The van der Waals surface area contributed by atoms with Gasteiger partial charge < -0.3 is 10.2 Å². The Morgan fingerprint density at radius 2 is 2.00 bits per heavy atom. The fourth-order valence-corrected chi connectivity index (χ4v) is 2.91. The summed E-state index contributed by atoms with van der Waals surface area (Å²) in [6, 6.07) is 14.4. The molecule has 0 radical (unpaired) electrons. The fourth-order valence-electron chi connectivity index (χ4n) is 2.91. The molecule has 2 aromatic rings. The number of nitrogens with zero attached hydrogens (tertiary/aromatic N) is 2. The molecule has 0 bridgehead atoms. The van der Waals surface area contributed by atoms with Gasteiger partial charge in [0.15, 0.2) is 0 Å². The molecular formula is C19H18FN3O. The Balaban J connectivity index is 1.68. The van der Waals surface area contributed by atoms with Gasteiger partial charge in [-0.2, -0.15) is 5.26 Å². The van der Waals surface area contributed by atoms with Gasteiger partial charge in [0.1, 0.15) is 17.4 Å². The molecule has 0 saturated carbocycles. The smallest absolute Gasteiger partial charge is 0.222 e. The first-order valence-corrected chi connectivity index (χ1v) is 7.95. The number of hydrogen-bond donors (Lipinski definition) is 1. The topological polar surface area (TPSA) is 56.1 Å². The maximum Gasteiger partial charge on any atom is 0.222 e. The maximum atomic E-state index is 13.6. The van der Waals surface area contributed by atoms with Gasteiger partial charge in [-0.15, -0.1) is 0 Å². The van der Waals surface area contributed by atoms with E-state index in [4.69, 9.17) is 5.26 Å². The third-order valence-corrected chi connectivity index (χ3v) is 4.14. The zero-order valence-electron chi connectivity index (χ0n) is 13.3. The Morgan fingerprint density at radius 3 is 2.75 bits per heavy atom. The number of nitrogens with one attached hydrogen (secondary N) is 1. The van der Waals surface area contributed by atoms with Crippen molar-refractivity contribution < 1.29 is 9.18 Å². The highest BCUT2D eigenvalue weighted by atomic mass is 19.1. The summed E-state index contributed by atoms with van der Waals surface area (Å²) in [4.78, 5) is 13.6. The first-order chi connectivity index (χ1) is 11.7. The lowest BCUT2D eigenvalue weighted by Gasteiger charge is -2.16. The van der Waals surface area contributed by atoms with E-state index in [1.165, 1.54) is 6.07 Å². The zero-order valence-corrected chi connectivity index (χ0v) is 13.3. The summed E-state index contributed by atoms with van der Waals surface area (Å²) in [7, 11) is 0. The Kier molecular flexibility index (Phi) is 4.76. The number of amides is 1. The first-order valence-electron chi connectivity index (χ1n) is 7.95. The molecule has 1 saturated heterocycles. The van der Waals surface area contributed by atoms with Crippen molar-refractivity contribution in [2.45, 2.75) is 25.9 Å². The molecule has 0 atom stereocenters. The lowest BCUT2D eigenvalue weighted by Crippen LogP contribution is -2.23. The minimum atomic E-state index is -0.524. The molecular weight excluding hydrogens is 305 g/mol. The van der Waals surface area contributed by atoms with Gasteiger partial charge in [-0.1, -0.05) is 30.3 Å². The molecule has 4 nitrogen and oxygen atoms in total. The molecule has 5 heteroatoms. The second-order valence-electron chi connectivity index (χ2n) is 5.87. The molecule has 1 amide bonds. The summed E-state index contributed by atoms with van der Waals surface area (Å²) in [5.41, 5.74) is 2.60. The Hall–Kier alpha value is -2.87. The SMILES string of the molecule is N#Cc1c(F)cccc1NCc1cccc(CN2CCCC2=O)c1. The van der Waals surface area contributed by atoms with Gasteiger partial charge in [-0.3, -0.25) is 4.79 Å². The normalized spacial score (nSPS) is 13.8. The molecule has 1 heterocycles. The number of carbonyl (C=O) groups is 1. The largest absolute Gasteiger partial charge is 0.380 e. The highest BCUT2D eigenvalue weighted by molar-refractivity contribution is 5.78. The quantitative estimate of drug-likeness (QED) is 0.917. The second-order valence-corrected chi connectivity index (χ2v) is 5.87. The highest BCUT2D eigenvalue weighted by Crippen LogP contribution is 2.19. The van der Waals surface area contributed by atoms with Crippen LogP contribution in [0.4, 0.5) is 10.1 Å². The molecule has 1 fully saturated rings. The highest BCUT2D eigenvalue weighted by Gasteiger charge is 2.19. The molecule has 2 aromatic carbocycles. The van der Waals surface area contributed by atoms with Gasteiger partial charge in [0.05, 0.1) is 5.69 Å². The van der Waals surface area contributed by atoms with E-state index in [1.54, 1.807) is 12.1 Å².